The van der Waals surface area contributed by atoms with Gasteiger partial charge in [0.1, 0.15) is 11.6 Å². The van der Waals surface area contributed by atoms with Gasteiger partial charge in [-0.05, 0) is 101 Å². The number of nitrogens with zero attached hydrogens (tertiary/aromatic N) is 4. The van der Waals surface area contributed by atoms with Crippen LogP contribution in [-0.4, -0.2) is 63.6 Å². The highest BCUT2D eigenvalue weighted by Crippen LogP contribution is 2.45. The van der Waals surface area contributed by atoms with Gasteiger partial charge >= 0.3 is 0 Å². The van der Waals surface area contributed by atoms with Gasteiger partial charge < -0.3 is 14.2 Å². The molecule has 7 rings (SSSR count). The average Bonchev–Trinajstić information content (AvgIpc) is 3.51. The van der Waals surface area contributed by atoms with Crippen LogP contribution in [0.15, 0.2) is 78.9 Å². The van der Waals surface area contributed by atoms with E-state index in [1.165, 1.54) is 36.8 Å². The molecule has 1 unspecified atom stereocenters. The topological polar surface area (TPSA) is 50.6 Å². The first kappa shape index (κ1) is 28.1. The summed E-state index contributed by atoms with van der Waals surface area (Å²) in [7, 11) is 0. The molecule has 6 heteroatoms. The van der Waals surface area contributed by atoms with Crippen LogP contribution in [0.3, 0.4) is 0 Å². The smallest absolute Gasteiger partial charge is 0.257 e. The highest BCUT2D eigenvalue weighted by Gasteiger charge is 2.44. The first-order valence-corrected chi connectivity index (χ1v) is 16.3. The molecule has 0 aliphatic carbocycles. The zero-order valence-electron chi connectivity index (χ0n) is 25.6. The molecule has 43 heavy (non-hydrogen) atoms. The van der Waals surface area contributed by atoms with Gasteiger partial charge in [-0.15, -0.1) is 0 Å². The number of hydrogen-bond donors (Lipinski definition) is 0. The molecule has 3 aliphatic heterocycles. The number of likely N-dealkylation sites (tertiary alicyclic amines) is 1. The van der Waals surface area contributed by atoms with Gasteiger partial charge in [0.05, 0.1) is 23.2 Å². The SMILES string of the molecule is CCOc1ccccc1C(=O)N1CCC(CCN2[C@@H]3CC[C@H]2CC(n2c(C)nc4ccccc42)C3)(c2ccccc2)CC1. The molecule has 3 fully saturated rings. The fourth-order valence-corrected chi connectivity index (χ4v) is 8.50. The molecule has 3 aliphatic rings. The van der Waals surface area contributed by atoms with Crippen molar-refractivity contribution >= 4 is 16.9 Å². The predicted molar refractivity (Wildman–Crippen MR) is 172 cm³/mol. The van der Waals surface area contributed by atoms with Gasteiger partial charge in [-0.25, -0.2) is 4.98 Å². The van der Waals surface area contributed by atoms with Gasteiger partial charge in [0, 0.05) is 31.2 Å². The molecule has 3 atom stereocenters. The molecule has 6 nitrogen and oxygen atoms in total. The van der Waals surface area contributed by atoms with E-state index in [1.54, 1.807) is 0 Å². The number of fused-ring (bicyclic) bond motifs is 3. The van der Waals surface area contributed by atoms with Crippen LogP contribution in [0.5, 0.6) is 5.75 Å². The number of ether oxygens (including phenoxy) is 1. The first-order chi connectivity index (χ1) is 21.1. The van der Waals surface area contributed by atoms with Crippen LogP contribution in [0.25, 0.3) is 11.0 Å². The van der Waals surface area contributed by atoms with Crippen molar-refractivity contribution in [3.05, 3.63) is 95.8 Å². The van der Waals surface area contributed by atoms with E-state index in [0.717, 1.165) is 50.2 Å². The lowest BCUT2D eigenvalue weighted by Crippen LogP contribution is -2.49. The number of rotatable bonds is 8. The summed E-state index contributed by atoms with van der Waals surface area (Å²) in [6.07, 6.45) is 8.13. The number of amides is 1. The van der Waals surface area contributed by atoms with Crippen molar-refractivity contribution in [2.75, 3.05) is 26.2 Å². The van der Waals surface area contributed by atoms with Crippen LogP contribution in [0.2, 0.25) is 0 Å². The van der Waals surface area contributed by atoms with Crippen molar-refractivity contribution in [1.82, 2.24) is 19.4 Å². The molecule has 3 aromatic carbocycles. The van der Waals surface area contributed by atoms with Crippen LogP contribution >= 0.6 is 0 Å². The first-order valence-electron chi connectivity index (χ1n) is 16.3. The van der Waals surface area contributed by atoms with E-state index in [0.29, 0.717) is 36.0 Å². The van der Waals surface area contributed by atoms with Crippen molar-refractivity contribution in [2.24, 2.45) is 0 Å². The number of aryl methyl sites for hydroxylation is 1. The number of imidazole rings is 1. The lowest BCUT2D eigenvalue weighted by atomic mass is 9.70. The normalized spacial score (nSPS) is 23.5. The van der Waals surface area contributed by atoms with E-state index in [1.807, 2.05) is 36.1 Å². The molecular weight excluding hydrogens is 532 g/mol. The third kappa shape index (κ3) is 5.24. The van der Waals surface area contributed by atoms with Crippen molar-refractivity contribution in [2.45, 2.75) is 82.3 Å². The zero-order chi connectivity index (χ0) is 29.4. The highest BCUT2D eigenvalue weighted by molar-refractivity contribution is 5.97. The summed E-state index contributed by atoms with van der Waals surface area (Å²) < 4.78 is 8.32. The second-order valence-corrected chi connectivity index (χ2v) is 12.9. The number of para-hydroxylation sites is 3. The Morgan fingerprint density at radius 1 is 0.884 bits per heavy atom. The molecule has 2 bridgehead atoms. The maximum Gasteiger partial charge on any atom is 0.257 e. The Morgan fingerprint density at radius 2 is 1.56 bits per heavy atom. The van der Waals surface area contributed by atoms with Crippen LogP contribution < -0.4 is 4.74 Å². The van der Waals surface area contributed by atoms with E-state index in [2.05, 4.69) is 71.0 Å². The van der Waals surface area contributed by atoms with E-state index in [-0.39, 0.29) is 11.3 Å². The fourth-order valence-electron chi connectivity index (χ4n) is 8.50. The van der Waals surface area contributed by atoms with E-state index in [4.69, 9.17) is 9.72 Å². The van der Waals surface area contributed by atoms with Crippen LogP contribution in [-0.2, 0) is 5.41 Å². The number of hydrogen-bond acceptors (Lipinski definition) is 4. The molecular formula is C37H44N4O2. The van der Waals surface area contributed by atoms with Gasteiger partial charge in [-0.3, -0.25) is 9.69 Å². The Labute approximate surface area is 255 Å². The highest BCUT2D eigenvalue weighted by atomic mass is 16.5. The van der Waals surface area contributed by atoms with Gasteiger partial charge in [-0.2, -0.15) is 0 Å². The molecule has 4 aromatic rings. The van der Waals surface area contributed by atoms with E-state index < -0.39 is 0 Å². The van der Waals surface area contributed by atoms with Crippen LogP contribution in [0.4, 0.5) is 0 Å². The summed E-state index contributed by atoms with van der Waals surface area (Å²) in [6.45, 7) is 7.36. The molecule has 4 heterocycles. The van der Waals surface area contributed by atoms with Gasteiger partial charge in [-0.1, -0.05) is 54.6 Å². The molecule has 1 amide bonds. The van der Waals surface area contributed by atoms with E-state index >= 15 is 0 Å². The van der Waals surface area contributed by atoms with Gasteiger partial charge in [0.25, 0.3) is 5.91 Å². The maximum absolute atomic E-state index is 13.6. The number of carbonyl (C=O) groups excluding carboxylic acids is 1. The van der Waals surface area contributed by atoms with Crippen LogP contribution in [0, 0.1) is 6.92 Å². The number of aromatic nitrogens is 2. The third-order valence-corrected chi connectivity index (χ3v) is 10.7. The minimum absolute atomic E-state index is 0.0882. The Morgan fingerprint density at radius 3 is 2.30 bits per heavy atom. The summed E-state index contributed by atoms with van der Waals surface area (Å²) in [4.78, 5) is 23.4. The van der Waals surface area contributed by atoms with Crippen molar-refractivity contribution in [3.8, 4) is 5.75 Å². The lowest BCUT2D eigenvalue weighted by Gasteiger charge is -2.45. The summed E-state index contributed by atoms with van der Waals surface area (Å²) in [5.41, 5.74) is 4.60. The lowest BCUT2D eigenvalue weighted by molar-refractivity contribution is 0.0603. The summed E-state index contributed by atoms with van der Waals surface area (Å²) in [5.74, 6) is 1.92. The largest absolute Gasteiger partial charge is 0.493 e. The summed E-state index contributed by atoms with van der Waals surface area (Å²) in [6, 6.07) is 29.2. The maximum atomic E-state index is 13.6. The number of benzene rings is 3. The third-order valence-electron chi connectivity index (χ3n) is 10.7. The molecule has 0 spiro atoms. The minimum atomic E-state index is 0.0882. The molecule has 0 saturated carbocycles. The fraction of sp³-hybridized carbons (Fsp3) is 0.459. The Hall–Kier alpha value is -3.64. The molecule has 0 N–H and O–H groups in total. The zero-order valence-corrected chi connectivity index (χ0v) is 25.6. The van der Waals surface area contributed by atoms with Gasteiger partial charge in [0.15, 0.2) is 0 Å². The van der Waals surface area contributed by atoms with Crippen molar-refractivity contribution < 1.29 is 9.53 Å². The summed E-state index contributed by atoms with van der Waals surface area (Å²) >= 11 is 0. The molecule has 3 saturated heterocycles. The van der Waals surface area contributed by atoms with Crippen molar-refractivity contribution in [1.29, 1.82) is 0 Å². The molecule has 224 valence electrons. The second kappa shape index (κ2) is 11.8. The summed E-state index contributed by atoms with van der Waals surface area (Å²) in [5, 5.41) is 0. The predicted octanol–water partition coefficient (Wildman–Crippen LogP) is 7.18. The van der Waals surface area contributed by atoms with Gasteiger partial charge in [0.2, 0.25) is 0 Å². The number of piperidine rings is 2. The molecule has 0 radical (unpaired) electrons. The van der Waals surface area contributed by atoms with Crippen LogP contribution in [0.1, 0.15) is 79.7 Å². The average molecular weight is 577 g/mol. The second-order valence-electron chi connectivity index (χ2n) is 12.9. The Kier molecular flexibility index (Phi) is 7.72. The van der Waals surface area contributed by atoms with E-state index in [9.17, 15) is 4.79 Å². The quantitative estimate of drug-likeness (QED) is 0.223. The Balaban J connectivity index is 1.06. The standard InChI is InChI=1S/C37H44N4O2/c1-3-43-35-16-10-7-13-32(35)36(42)39-22-19-37(20-23-39,28-11-5-4-6-12-28)21-24-40-29-17-18-30(40)26-31(25-29)41-27(2)38-33-14-8-9-15-34(33)41/h4-16,29-31H,3,17-26H2,1-2H3/t29-,30+,31?. The van der Waals surface area contributed by atoms with Crippen molar-refractivity contribution in [3.63, 3.8) is 0 Å². The minimum Gasteiger partial charge on any atom is -0.493 e. The number of carbonyl (C=O) groups is 1. The Bertz CT molecular complexity index is 1560. The monoisotopic (exact) mass is 576 g/mol. The molecule has 1 aromatic heterocycles.